The molecule has 4 rings (SSSR count). The Balaban J connectivity index is 1.71. The van der Waals surface area contributed by atoms with Gasteiger partial charge in [-0.25, -0.2) is 0 Å². The fourth-order valence-electron chi connectivity index (χ4n) is 3.71. The van der Waals surface area contributed by atoms with E-state index < -0.39 is 0 Å². The van der Waals surface area contributed by atoms with Gasteiger partial charge in [-0.1, -0.05) is 19.4 Å². The number of pyridine rings is 1. The molecule has 3 aromatic rings. The van der Waals surface area contributed by atoms with Gasteiger partial charge in [0, 0.05) is 24.6 Å². The molecule has 0 saturated carbocycles. The highest BCUT2D eigenvalue weighted by Crippen LogP contribution is 2.39. The van der Waals surface area contributed by atoms with E-state index in [9.17, 15) is 0 Å². The summed E-state index contributed by atoms with van der Waals surface area (Å²) in [6, 6.07) is 14.4. The number of aromatic nitrogens is 2. The number of hydrogen-bond donors (Lipinski definition) is 1. The molecule has 2 atom stereocenters. The Hall–Kier alpha value is -2.60. The van der Waals surface area contributed by atoms with Crippen molar-refractivity contribution in [2.45, 2.75) is 38.4 Å². The minimum atomic E-state index is 0.0285. The number of nitrogens with zero attached hydrogens (tertiary/aromatic N) is 3. The van der Waals surface area contributed by atoms with E-state index in [-0.39, 0.29) is 12.1 Å². The first-order valence-corrected chi connectivity index (χ1v) is 9.84. The number of nitrogens with one attached hydrogen (secondary N) is 1. The summed E-state index contributed by atoms with van der Waals surface area (Å²) in [5.41, 5.74) is 2.22. The molecule has 4 heterocycles. The molecule has 1 N–H and O–H groups in total. The Morgan fingerprint density at radius 1 is 1.19 bits per heavy atom. The number of furan rings is 1. The second-order valence-corrected chi connectivity index (χ2v) is 7.20. The summed E-state index contributed by atoms with van der Waals surface area (Å²) in [6.45, 7) is 3.84. The van der Waals surface area contributed by atoms with E-state index in [1.807, 2.05) is 30.5 Å². The summed E-state index contributed by atoms with van der Waals surface area (Å²) >= 11 is 5.70. The first-order chi connectivity index (χ1) is 13.3. The highest BCUT2D eigenvalue weighted by atomic mass is 32.1. The molecular formula is C21H24N4OS. The van der Waals surface area contributed by atoms with Gasteiger partial charge in [-0.2, -0.15) is 0 Å². The minimum absolute atomic E-state index is 0.0285. The molecule has 6 heteroatoms. The number of unbranched alkanes of at least 4 members (excludes halogenated alkanes) is 1. The molecule has 27 heavy (non-hydrogen) atoms. The van der Waals surface area contributed by atoms with Crippen molar-refractivity contribution in [2.24, 2.45) is 0 Å². The van der Waals surface area contributed by atoms with E-state index in [1.54, 1.807) is 6.26 Å². The van der Waals surface area contributed by atoms with Crippen LogP contribution in [0.3, 0.4) is 0 Å². The van der Waals surface area contributed by atoms with Gasteiger partial charge in [-0.3, -0.25) is 4.98 Å². The zero-order chi connectivity index (χ0) is 18.6. The van der Waals surface area contributed by atoms with Gasteiger partial charge in [0.25, 0.3) is 0 Å². The van der Waals surface area contributed by atoms with Crippen LogP contribution in [-0.2, 0) is 6.54 Å². The maximum absolute atomic E-state index is 5.70. The van der Waals surface area contributed by atoms with Gasteiger partial charge in [-0.15, -0.1) is 0 Å². The molecule has 1 aliphatic heterocycles. The lowest BCUT2D eigenvalue weighted by Gasteiger charge is -2.28. The van der Waals surface area contributed by atoms with Crippen molar-refractivity contribution in [3.63, 3.8) is 0 Å². The minimum Gasteiger partial charge on any atom is -0.467 e. The average Bonchev–Trinajstić information content (AvgIpc) is 3.42. The van der Waals surface area contributed by atoms with Crippen LogP contribution >= 0.6 is 12.2 Å². The van der Waals surface area contributed by atoms with E-state index >= 15 is 0 Å². The Morgan fingerprint density at radius 3 is 2.85 bits per heavy atom. The molecule has 0 spiro atoms. The molecule has 1 aliphatic rings. The topological polar surface area (TPSA) is 46.2 Å². The van der Waals surface area contributed by atoms with Crippen molar-refractivity contribution >= 4 is 17.3 Å². The molecule has 140 valence electrons. The summed E-state index contributed by atoms with van der Waals surface area (Å²) in [4.78, 5) is 6.91. The zero-order valence-electron chi connectivity index (χ0n) is 15.4. The van der Waals surface area contributed by atoms with E-state index in [0.717, 1.165) is 36.0 Å². The summed E-state index contributed by atoms with van der Waals surface area (Å²) in [7, 11) is 0. The quantitative estimate of drug-likeness (QED) is 0.619. The van der Waals surface area contributed by atoms with Crippen LogP contribution in [-0.4, -0.2) is 26.1 Å². The number of hydrogen-bond acceptors (Lipinski definition) is 3. The Kier molecular flexibility index (Phi) is 5.25. The normalized spacial score (nSPS) is 19.4. The van der Waals surface area contributed by atoms with Gasteiger partial charge in [0.1, 0.15) is 5.76 Å². The third-order valence-electron chi connectivity index (χ3n) is 5.02. The first kappa shape index (κ1) is 17.8. The molecule has 3 aromatic heterocycles. The predicted octanol–water partition coefficient (Wildman–Crippen LogP) is 4.30. The Bertz CT molecular complexity index is 875. The lowest BCUT2D eigenvalue weighted by atomic mass is 10.0. The summed E-state index contributed by atoms with van der Waals surface area (Å²) < 4.78 is 7.80. The molecule has 0 radical (unpaired) electrons. The lowest BCUT2D eigenvalue weighted by Crippen LogP contribution is -2.31. The van der Waals surface area contributed by atoms with Crippen molar-refractivity contribution < 1.29 is 4.42 Å². The molecule has 0 aliphatic carbocycles. The maximum atomic E-state index is 5.70. The second kappa shape index (κ2) is 7.96. The first-order valence-electron chi connectivity index (χ1n) is 9.43. The van der Waals surface area contributed by atoms with Crippen molar-refractivity contribution in [2.75, 3.05) is 6.54 Å². The highest BCUT2D eigenvalue weighted by molar-refractivity contribution is 7.80. The maximum Gasteiger partial charge on any atom is 0.170 e. The SMILES string of the molecule is CCCCN1C(=S)N[C@H](c2ccccn2)[C@H]1c1cccn1Cc1ccco1. The number of thiocarbonyl (C=S) groups is 1. The average molecular weight is 381 g/mol. The molecule has 0 bridgehead atoms. The second-order valence-electron chi connectivity index (χ2n) is 6.81. The third kappa shape index (κ3) is 3.62. The fourth-order valence-corrected chi connectivity index (χ4v) is 4.04. The molecule has 0 amide bonds. The van der Waals surface area contributed by atoms with E-state index in [0.29, 0.717) is 6.54 Å². The van der Waals surface area contributed by atoms with E-state index in [2.05, 4.69) is 51.1 Å². The standard InChI is InChI=1S/C21H24N4OS/c1-2-3-13-25-20(19(23-21(25)27)17-9-4-5-11-22-17)18-10-6-12-24(18)15-16-8-7-14-26-16/h4-12,14,19-20H,2-3,13,15H2,1H3,(H,23,27)/t19-,20-/m1/s1. The number of rotatable bonds is 7. The van der Waals surface area contributed by atoms with Gasteiger partial charge in [0.2, 0.25) is 0 Å². The lowest BCUT2D eigenvalue weighted by molar-refractivity contribution is 0.299. The van der Waals surface area contributed by atoms with Gasteiger partial charge in [0.05, 0.1) is 30.6 Å². The van der Waals surface area contributed by atoms with Crippen LogP contribution in [0.15, 0.2) is 65.5 Å². The van der Waals surface area contributed by atoms with Crippen molar-refractivity contribution in [3.8, 4) is 0 Å². The third-order valence-corrected chi connectivity index (χ3v) is 5.38. The predicted molar refractivity (Wildman–Crippen MR) is 109 cm³/mol. The largest absolute Gasteiger partial charge is 0.467 e. The van der Waals surface area contributed by atoms with Crippen LogP contribution < -0.4 is 5.32 Å². The molecular weight excluding hydrogens is 356 g/mol. The van der Waals surface area contributed by atoms with Crippen LogP contribution in [0.25, 0.3) is 0 Å². The van der Waals surface area contributed by atoms with Gasteiger partial charge < -0.3 is 19.2 Å². The molecule has 0 aromatic carbocycles. The summed E-state index contributed by atoms with van der Waals surface area (Å²) in [6.07, 6.45) is 7.90. The van der Waals surface area contributed by atoms with Crippen LogP contribution in [0.4, 0.5) is 0 Å². The monoisotopic (exact) mass is 380 g/mol. The van der Waals surface area contributed by atoms with Crippen molar-refractivity contribution in [1.29, 1.82) is 0 Å². The summed E-state index contributed by atoms with van der Waals surface area (Å²) in [5, 5.41) is 4.31. The zero-order valence-corrected chi connectivity index (χ0v) is 16.2. The van der Waals surface area contributed by atoms with Crippen LogP contribution in [0.5, 0.6) is 0 Å². The Labute approximate surface area is 165 Å². The molecule has 1 saturated heterocycles. The highest BCUT2D eigenvalue weighted by Gasteiger charge is 2.40. The summed E-state index contributed by atoms with van der Waals surface area (Å²) in [5.74, 6) is 0.940. The molecule has 0 unspecified atom stereocenters. The fraction of sp³-hybridized carbons (Fsp3) is 0.333. The Morgan fingerprint density at radius 2 is 2.11 bits per heavy atom. The van der Waals surface area contributed by atoms with Gasteiger partial charge in [0.15, 0.2) is 5.11 Å². The van der Waals surface area contributed by atoms with Gasteiger partial charge >= 0.3 is 0 Å². The van der Waals surface area contributed by atoms with E-state index in [4.69, 9.17) is 16.6 Å². The van der Waals surface area contributed by atoms with Gasteiger partial charge in [-0.05, 0) is 55.0 Å². The van der Waals surface area contributed by atoms with Crippen LogP contribution in [0.2, 0.25) is 0 Å². The smallest absolute Gasteiger partial charge is 0.170 e. The van der Waals surface area contributed by atoms with Crippen LogP contribution in [0.1, 0.15) is 49.0 Å². The molecule has 1 fully saturated rings. The van der Waals surface area contributed by atoms with Crippen molar-refractivity contribution in [1.82, 2.24) is 19.8 Å². The van der Waals surface area contributed by atoms with Crippen molar-refractivity contribution in [3.05, 3.63) is 78.3 Å². The van der Waals surface area contributed by atoms with E-state index in [1.165, 1.54) is 5.69 Å². The van der Waals surface area contributed by atoms with Crippen LogP contribution in [0, 0.1) is 0 Å². The molecule has 5 nitrogen and oxygen atoms in total.